The van der Waals surface area contributed by atoms with E-state index < -0.39 is 0 Å². The van der Waals surface area contributed by atoms with Crippen LogP contribution in [-0.2, 0) is 9.59 Å². The van der Waals surface area contributed by atoms with Gasteiger partial charge in [-0.05, 0) is 12.3 Å². The first-order valence-electron chi connectivity index (χ1n) is 6.25. The van der Waals surface area contributed by atoms with Gasteiger partial charge in [-0.3, -0.25) is 19.3 Å². The van der Waals surface area contributed by atoms with Gasteiger partial charge in [-0.15, -0.1) is 0 Å². The number of hydrogen-bond acceptors (Lipinski definition) is 4. The summed E-state index contributed by atoms with van der Waals surface area (Å²) in [6.07, 6.45) is 1.24. The van der Waals surface area contributed by atoms with Crippen LogP contribution in [0.2, 0.25) is 0 Å². The van der Waals surface area contributed by atoms with Crippen molar-refractivity contribution in [3.8, 4) is 0 Å². The Bertz CT molecular complexity index is 368. The molecule has 0 aromatic rings. The van der Waals surface area contributed by atoms with Gasteiger partial charge in [-0.25, -0.2) is 0 Å². The molecule has 1 atom stereocenters. The van der Waals surface area contributed by atoms with E-state index >= 15 is 0 Å². The Morgan fingerprint density at radius 3 is 2.72 bits per heavy atom. The van der Waals surface area contributed by atoms with E-state index in [1.165, 1.54) is 4.90 Å². The minimum Gasteiger partial charge on any atom is -0.341 e. The Morgan fingerprint density at radius 2 is 2.17 bits per heavy atom. The van der Waals surface area contributed by atoms with Crippen molar-refractivity contribution >= 4 is 28.8 Å². The molecule has 0 bridgehead atoms. The predicted molar refractivity (Wildman–Crippen MR) is 69.1 cm³/mol. The first-order chi connectivity index (χ1) is 8.49. The van der Waals surface area contributed by atoms with Gasteiger partial charge >= 0.3 is 0 Å². The van der Waals surface area contributed by atoms with Gasteiger partial charge in [0.1, 0.15) is 0 Å². The second-order valence-electron chi connectivity index (χ2n) is 5.20. The maximum Gasteiger partial charge on any atom is 0.289 e. The van der Waals surface area contributed by atoms with Gasteiger partial charge in [0.2, 0.25) is 11.8 Å². The number of carbonyl (C=O) groups is 3. The van der Waals surface area contributed by atoms with Crippen LogP contribution in [-0.4, -0.2) is 51.7 Å². The first kappa shape index (κ1) is 13.4. The summed E-state index contributed by atoms with van der Waals surface area (Å²) in [5, 5.41) is -0.164. The zero-order valence-corrected chi connectivity index (χ0v) is 11.5. The number of nitrogens with zero attached hydrogens (tertiary/aromatic N) is 2. The molecule has 0 aliphatic carbocycles. The van der Waals surface area contributed by atoms with Gasteiger partial charge in [0.25, 0.3) is 5.24 Å². The van der Waals surface area contributed by atoms with Crippen LogP contribution in [0.1, 0.15) is 26.7 Å². The number of carbonyl (C=O) groups excluding carboxylic acids is 3. The molecule has 2 fully saturated rings. The molecular formula is C12H18N2O3S. The lowest BCUT2D eigenvalue weighted by atomic mass is 10.1. The maximum absolute atomic E-state index is 11.9. The summed E-state index contributed by atoms with van der Waals surface area (Å²) in [7, 11) is 0. The van der Waals surface area contributed by atoms with E-state index in [1.54, 1.807) is 4.90 Å². The summed E-state index contributed by atoms with van der Waals surface area (Å²) in [5.74, 6) is 0.587. The van der Waals surface area contributed by atoms with Gasteiger partial charge in [-0.1, -0.05) is 25.6 Å². The molecule has 0 radical (unpaired) electrons. The fourth-order valence-corrected chi connectivity index (χ4v) is 3.15. The third kappa shape index (κ3) is 2.68. The second kappa shape index (κ2) is 5.30. The third-order valence-corrected chi connectivity index (χ3v) is 4.08. The molecule has 0 N–H and O–H groups in total. The lowest BCUT2D eigenvalue weighted by Gasteiger charge is -2.22. The first-order valence-corrected chi connectivity index (χ1v) is 7.24. The molecule has 2 aliphatic rings. The molecule has 18 heavy (non-hydrogen) atoms. The number of likely N-dealkylation sites (tertiary alicyclic amines) is 1. The summed E-state index contributed by atoms with van der Waals surface area (Å²) in [6, 6.07) is -0.115. The fraction of sp³-hybridized carbons (Fsp3) is 0.750. The number of amides is 3. The highest BCUT2D eigenvalue weighted by Crippen LogP contribution is 2.26. The SMILES string of the molecule is CC(C)CC(=O)N1CCC(N2C(=O)CSC2=O)C1. The van der Waals surface area contributed by atoms with E-state index in [9.17, 15) is 14.4 Å². The van der Waals surface area contributed by atoms with E-state index in [0.717, 1.165) is 11.8 Å². The summed E-state index contributed by atoms with van der Waals surface area (Å²) in [6.45, 7) is 5.17. The highest BCUT2D eigenvalue weighted by atomic mass is 32.2. The molecule has 6 heteroatoms. The van der Waals surface area contributed by atoms with Crippen LogP contribution in [0.3, 0.4) is 0 Å². The van der Waals surface area contributed by atoms with Gasteiger partial charge in [-0.2, -0.15) is 0 Å². The number of imide groups is 1. The molecule has 3 amide bonds. The van der Waals surface area contributed by atoms with Crippen molar-refractivity contribution < 1.29 is 14.4 Å². The van der Waals surface area contributed by atoms with Crippen molar-refractivity contribution in [2.45, 2.75) is 32.7 Å². The van der Waals surface area contributed by atoms with Gasteiger partial charge < -0.3 is 4.90 Å². The molecule has 2 heterocycles. The molecule has 2 saturated heterocycles. The van der Waals surface area contributed by atoms with E-state index in [-0.39, 0.29) is 28.8 Å². The quantitative estimate of drug-likeness (QED) is 0.776. The van der Waals surface area contributed by atoms with E-state index in [0.29, 0.717) is 31.8 Å². The molecule has 5 nitrogen and oxygen atoms in total. The molecule has 0 saturated carbocycles. The third-order valence-electron chi connectivity index (χ3n) is 3.25. The van der Waals surface area contributed by atoms with Crippen LogP contribution in [0.4, 0.5) is 4.79 Å². The van der Waals surface area contributed by atoms with Crippen LogP contribution >= 0.6 is 11.8 Å². The van der Waals surface area contributed by atoms with Crippen LogP contribution in [0.5, 0.6) is 0 Å². The monoisotopic (exact) mass is 270 g/mol. The summed E-state index contributed by atoms with van der Waals surface area (Å²) >= 11 is 1.05. The van der Waals surface area contributed by atoms with Gasteiger partial charge in [0.15, 0.2) is 0 Å². The van der Waals surface area contributed by atoms with Crippen molar-refractivity contribution in [2.24, 2.45) is 5.92 Å². The van der Waals surface area contributed by atoms with Crippen LogP contribution in [0, 0.1) is 5.92 Å². The van der Waals surface area contributed by atoms with Crippen molar-refractivity contribution in [2.75, 3.05) is 18.8 Å². The minimum absolute atomic E-state index is 0.115. The van der Waals surface area contributed by atoms with E-state index in [2.05, 4.69) is 0 Å². The summed E-state index contributed by atoms with van der Waals surface area (Å²) < 4.78 is 0. The second-order valence-corrected chi connectivity index (χ2v) is 6.13. The average molecular weight is 270 g/mol. The molecule has 0 aromatic heterocycles. The highest BCUT2D eigenvalue weighted by Gasteiger charge is 2.40. The topological polar surface area (TPSA) is 57.7 Å². The minimum atomic E-state index is -0.164. The van der Waals surface area contributed by atoms with Crippen molar-refractivity contribution in [3.63, 3.8) is 0 Å². The van der Waals surface area contributed by atoms with Crippen molar-refractivity contribution in [1.82, 2.24) is 9.80 Å². The molecule has 1 unspecified atom stereocenters. The lowest BCUT2D eigenvalue weighted by Crippen LogP contribution is -2.41. The number of hydrogen-bond donors (Lipinski definition) is 0. The largest absolute Gasteiger partial charge is 0.341 e. The Hall–Kier alpha value is -1.04. The Kier molecular flexibility index (Phi) is 3.94. The zero-order chi connectivity index (χ0) is 13.3. The Labute approximate surface area is 111 Å². The maximum atomic E-state index is 11.9. The van der Waals surface area contributed by atoms with E-state index in [4.69, 9.17) is 0 Å². The Morgan fingerprint density at radius 1 is 1.44 bits per heavy atom. The van der Waals surface area contributed by atoms with Gasteiger partial charge in [0.05, 0.1) is 11.8 Å². The van der Waals surface area contributed by atoms with E-state index in [1.807, 2.05) is 13.8 Å². The van der Waals surface area contributed by atoms with Crippen LogP contribution in [0.25, 0.3) is 0 Å². The molecular weight excluding hydrogens is 252 g/mol. The molecule has 0 aromatic carbocycles. The standard InChI is InChI=1S/C12H18N2O3S/c1-8(2)5-10(15)13-4-3-9(6-13)14-11(16)7-18-12(14)17/h8-9H,3-7H2,1-2H3. The van der Waals surface area contributed by atoms with Crippen molar-refractivity contribution in [1.29, 1.82) is 0 Å². The summed E-state index contributed by atoms with van der Waals surface area (Å²) in [5.41, 5.74) is 0. The smallest absolute Gasteiger partial charge is 0.289 e. The molecule has 0 spiro atoms. The molecule has 2 rings (SSSR count). The average Bonchev–Trinajstić information content (AvgIpc) is 2.85. The van der Waals surface area contributed by atoms with Crippen molar-refractivity contribution in [3.05, 3.63) is 0 Å². The molecule has 100 valence electrons. The fourth-order valence-electron chi connectivity index (χ4n) is 2.37. The number of thioether (sulfide) groups is 1. The lowest BCUT2D eigenvalue weighted by molar-refractivity contribution is -0.132. The molecule has 2 aliphatic heterocycles. The van der Waals surface area contributed by atoms with Crippen LogP contribution < -0.4 is 0 Å². The number of rotatable bonds is 3. The summed E-state index contributed by atoms with van der Waals surface area (Å²) in [4.78, 5) is 38.2. The zero-order valence-electron chi connectivity index (χ0n) is 10.7. The van der Waals surface area contributed by atoms with Crippen LogP contribution in [0.15, 0.2) is 0 Å². The normalized spacial score (nSPS) is 24.5. The highest BCUT2D eigenvalue weighted by molar-refractivity contribution is 8.14. The predicted octanol–water partition coefficient (Wildman–Crippen LogP) is 1.33. The van der Waals surface area contributed by atoms with Gasteiger partial charge in [0, 0.05) is 19.5 Å². The Balaban J connectivity index is 1.94.